The third-order valence-corrected chi connectivity index (χ3v) is 5.74. The molecular weight excluding hydrogens is 475 g/mol. The van der Waals surface area contributed by atoms with E-state index in [1.54, 1.807) is 6.07 Å². The van der Waals surface area contributed by atoms with Crippen LogP contribution in [0.3, 0.4) is 0 Å². The number of benzene rings is 1. The van der Waals surface area contributed by atoms with Crippen LogP contribution in [0.15, 0.2) is 41.1 Å². The second-order valence-electron chi connectivity index (χ2n) is 9.86. The van der Waals surface area contributed by atoms with Gasteiger partial charge in [-0.25, -0.2) is 4.98 Å². The largest absolute Gasteiger partial charge is 0.416 e. The molecule has 190 valence electrons. The van der Waals surface area contributed by atoms with Crippen molar-refractivity contribution in [3.8, 4) is 11.1 Å². The molecule has 1 aromatic carbocycles. The van der Waals surface area contributed by atoms with Gasteiger partial charge in [0.05, 0.1) is 11.6 Å². The maximum Gasteiger partial charge on any atom is 0.416 e. The maximum atomic E-state index is 14.0. The van der Waals surface area contributed by atoms with Crippen molar-refractivity contribution in [2.45, 2.75) is 58.2 Å². The molecule has 2 amide bonds. The number of carbonyl (C=O) groups is 2. The monoisotopic (exact) mass is 501 g/mol. The number of aromatic nitrogens is 3. The Morgan fingerprint density at radius 1 is 1.08 bits per heavy atom. The first-order valence-electron chi connectivity index (χ1n) is 11.5. The molecule has 0 bridgehead atoms. The lowest BCUT2D eigenvalue weighted by Gasteiger charge is -2.20. The molecule has 8 nitrogen and oxygen atoms in total. The van der Waals surface area contributed by atoms with Crippen LogP contribution in [-0.2, 0) is 16.4 Å². The zero-order chi connectivity index (χ0) is 26.3. The Kier molecular flexibility index (Phi) is 6.59. The summed E-state index contributed by atoms with van der Waals surface area (Å²) in [5.41, 5.74) is -0.732. The summed E-state index contributed by atoms with van der Waals surface area (Å²) < 4.78 is 47.2. The molecule has 2 heterocycles. The molecule has 2 aromatic heterocycles. The number of hydrogen-bond acceptors (Lipinski definition) is 6. The summed E-state index contributed by atoms with van der Waals surface area (Å²) in [6.07, 6.45) is -1.60. The van der Waals surface area contributed by atoms with Gasteiger partial charge in [0.2, 0.25) is 11.8 Å². The number of nitrogens with one attached hydrogen (secondary N) is 2. The fourth-order valence-corrected chi connectivity index (χ4v) is 3.57. The van der Waals surface area contributed by atoms with Crippen molar-refractivity contribution >= 4 is 17.6 Å². The highest BCUT2D eigenvalue weighted by molar-refractivity contribution is 5.93. The standard InChI is InChI=1S/C25H26F3N5O3/c1-13(30-22(35)20-32-23(36-33-20)24(2,3)4)17-8-7-15(11-18(17)25(26,27)28)16-9-10-29-19(12-16)31-21(34)14-5-6-14/h7-14H,5-6H2,1-4H3,(H,30,35)(H,29,31,34)/t13-/m0/s1. The van der Waals surface area contributed by atoms with E-state index in [0.29, 0.717) is 11.1 Å². The van der Waals surface area contributed by atoms with Crippen molar-refractivity contribution in [3.63, 3.8) is 0 Å². The molecule has 3 aromatic rings. The van der Waals surface area contributed by atoms with Gasteiger partial charge in [-0.15, -0.1) is 0 Å². The van der Waals surface area contributed by atoms with Crippen LogP contribution in [0.25, 0.3) is 11.1 Å². The van der Waals surface area contributed by atoms with Crippen molar-refractivity contribution in [1.29, 1.82) is 0 Å². The molecule has 0 saturated heterocycles. The quantitative estimate of drug-likeness (QED) is 0.475. The van der Waals surface area contributed by atoms with E-state index >= 15 is 0 Å². The minimum absolute atomic E-state index is 0.0317. The van der Waals surface area contributed by atoms with Crippen molar-refractivity contribution in [2.24, 2.45) is 5.92 Å². The Morgan fingerprint density at radius 3 is 2.39 bits per heavy atom. The zero-order valence-electron chi connectivity index (χ0n) is 20.2. The van der Waals surface area contributed by atoms with Crippen LogP contribution in [0.2, 0.25) is 0 Å². The molecule has 0 radical (unpaired) electrons. The van der Waals surface area contributed by atoms with Crippen LogP contribution in [0.5, 0.6) is 0 Å². The fraction of sp³-hybridized carbons (Fsp3) is 0.400. The second kappa shape index (κ2) is 9.36. The number of rotatable bonds is 6. The SMILES string of the molecule is C[C@H](NC(=O)c1noc(C(C)(C)C)n1)c1ccc(-c2ccnc(NC(=O)C3CC3)c2)cc1C(F)(F)F. The molecule has 0 unspecified atom stereocenters. The van der Waals surface area contributed by atoms with Gasteiger partial charge in [-0.2, -0.15) is 18.2 Å². The molecule has 0 spiro atoms. The lowest BCUT2D eigenvalue weighted by Crippen LogP contribution is -2.29. The third-order valence-electron chi connectivity index (χ3n) is 5.74. The summed E-state index contributed by atoms with van der Waals surface area (Å²) in [4.78, 5) is 32.7. The van der Waals surface area contributed by atoms with E-state index < -0.39 is 29.1 Å². The molecule has 1 saturated carbocycles. The molecular formula is C25H26F3N5O3. The van der Waals surface area contributed by atoms with Crippen molar-refractivity contribution < 1.29 is 27.3 Å². The molecule has 2 N–H and O–H groups in total. The van der Waals surface area contributed by atoms with Gasteiger partial charge in [0.15, 0.2) is 0 Å². The van der Waals surface area contributed by atoms with Crippen LogP contribution in [-0.4, -0.2) is 26.9 Å². The number of hydrogen-bond donors (Lipinski definition) is 2. The lowest BCUT2D eigenvalue weighted by atomic mass is 9.95. The summed E-state index contributed by atoms with van der Waals surface area (Å²) in [5, 5.41) is 8.85. The average molecular weight is 502 g/mol. The molecule has 4 rings (SSSR count). The Balaban J connectivity index is 1.58. The first-order valence-corrected chi connectivity index (χ1v) is 11.5. The molecule has 1 atom stereocenters. The Hall–Kier alpha value is -3.76. The minimum Gasteiger partial charge on any atom is -0.343 e. The first kappa shape index (κ1) is 25.3. The summed E-state index contributed by atoms with van der Waals surface area (Å²) in [6, 6.07) is 5.97. The van der Waals surface area contributed by atoms with E-state index in [2.05, 4.69) is 25.8 Å². The van der Waals surface area contributed by atoms with E-state index in [0.717, 1.165) is 18.9 Å². The predicted molar refractivity (Wildman–Crippen MR) is 125 cm³/mol. The highest BCUT2D eigenvalue weighted by Crippen LogP contribution is 2.38. The minimum atomic E-state index is -4.67. The van der Waals surface area contributed by atoms with Crippen LogP contribution >= 0.6 is 0 Å². The van der Waals surface area contributed by atoms with Crippen LogP contribution in [0, 0.1) is 5.92 Å². The van der Waals surface area contributed by atoms with Crippen LogP contribution < -0.4 is 10.6 Å². The van der Waals surface area contributed by atoms with Crippen LogP contribution in [0.1, 0.15) is 74.2 Å². The van der Waals surface area contributed by atoms with Crippen molar-refractivity contribution in [3.05, 3.63) is 59.4 Å². The molecule has 1 aliphatic rings. The summed E-state index contributed by atoms with van der Waals surface area (Å²) in [6.45, 7) is 6.93. The topological polar surface area (TPSA) is 110 Å². The number of halogens is 3. The van der Waals surface area contributed by atoms with Gasteiger partial charge in [0, 0.05) is 17.5 Å². The molecule has 1 aliphatic carbocycles. The Morgan fingerprint density at radius 2 is 1.78 bits per heavy atom. The van der Waals surface area contributed by atoms with Gasteiger partial charge < -0.3 is 15.2 Å². The zero-order valence-corrected chi connectivity index (χ0v) is 20.2. The number of nitrogens with zero attached hydrogens (tertiary/aromatic N) is 3. The summed E-state index contributed by atoms with van der Waals surface area (Å²) in [7, 11) is 0. The van der Waals surface area contributed by atoms with Gasteiger partial charge in [0.25, 0.3) is 11.7 Å². The number of carbonyl (C=O) groups excluding carboxylic acids is 2. The van der Waals surface area contributed by atoms with Crippen LogP contribution in [0.4, 0.5) is 19.0 Å². The van der Waals surface area contributed by atoms with Gasteiger partial charge >= 0.3 is 6.18 Å². The van der Waals surface area contributed by atoms with Gasteiger partial charge in [-0.05, 0) is 54.7 Å². The smallest absolute Gasteiger partial charge is 0.343 e. The molecule has 11 heteroatoms. The maximum absolute atomic E-state index is 14.0. The highest BCUT2D eigenvalue weighted by atomic mass is 19.4. The highest BCUT2D eigenvalue weighted by Gasteiger charge is 2.36. The van der Waals surface area contributed by atoms with Crippen molar-refractivity contribution in [2.75, 3.05) is 5.32 Å². The normalized spacial score (nSPS) is 14.9. The number of anilines is 1. The average Bonchev–Trinajstić information content (AvgIpc) is 3.53. The van der Waals surface area contributed by atoms with E-state index in [-0.39, 0.29) is 34.9 Å². The third kappa shape index (κ3) is 5.72. The van der Waals surface area contributed by atoms with Gasteiger partial charge in [0.1, 0.15) is 5.82 Å². The fourth-order valence-electron chi connectivity index (χ4n) is 3.57. The lowest BCUT2D eigenvalue weighted by molar-refractivity contribution is -0.138. The number of alkyl halides is 3. The number of pyridine rings is 1. The summed E-state index contributed by atoms with van der Waals surface area (Å²) >= 11 is 0. The van der Waals surface area contributed by atoms with E-state index in [4.69, 9.17) is 4.52 Å². The Labute approximate surface area is 205 Å². The second-order valence-corrected chi connectivity index (χ2v) is 9.86. The van der Waals surface area contributed by atoms with E-state index in [1.165, 1.54) is 31.3 Å². The summed E-state index contributed by atoms with van der Waals surface area (Å²) in [5.74, 6) is -0.663. The first-order chi connectivity index (χ1) is 16.8. The number of amides is 2. The van der Waals surface area contributed by atoms with Gasteiger partial charge in [-0.3, -0.25) is 9.59 Å². The van der Waals surface area contributed by atoms with E-state index in [9.17, 15) is 22.8 Å². The molecule has 0 aliphatic heterocycles. The van der Waals surface area contributed by atoms with Crippen molar-refractivity contribution in [1.82, 2.24) is 20.4 Å². The molecule has 36 heavy (non-hydrogen) atoms. The van der Waals surface area contributed by atoms with E-state index in [1.807, 2.05) is 20.8 Å². The van der Waals surface area contributed by atoms with Gasteiger partial charge in [-0.1, -0.05) is 38.1 Å². The Bertz CT molecular complexity index is 1290. The molecule has 1 fully saturated rings. The predicted octanol–water partition coefficient (Wildman–Crippen LogP) is 5.29.